The van der Waals surface area contributed by atoms with E-state index in [0.717, 1.165) is 10.4 Å². The van der Waals surface area contributed by atoms with E-state index in [4.69, 9.17) is 5.73 Å². The van der Waals surface area contributed by atoms with Crippen molar-refractivity contribution in [2.45, 2.75) is 64.4 Å². The van der Waals surface area contributed by atoms with Crippen LogP contribution >= 0.6 is 11.3 Å². The molecular weight excluding hydrogens is 610 g/mol. The molecule has 11 nitrogen and oxygen atoms in total. The topological polar surface area (TPSA) is 203 Å². The number of hydrogen-bond donors (Lipinski definition) is 7. The number of fused-ring (bicyclic) bond motifs is 3. The van der Waals surface area contributed by atoms with Crippen molar-refractivity contribution in [3.8, 4) is 16.2 Å². The highest BCUT2D eigenvalue weighted by atomic mass is 32.1. The van der Waals surface area contributed by atoms with E-state index >= 15 is 0 Å². The third-order valence-corrected chi connectivity index (χ3v) is 12.4. The standard InChI is InChI=1S/C34H39N3O8S/c1-14(2)22-26(40)21(29(35)43)27(41)34(45)28(42)23-25(39)20-17(15(3)32(23,4)30(44)33(22,34)5)11-12-18(24(20)38)37-31-36-13-19(46-31)16-9-7-6-8-10-16/h6-15,21-23,26,28,30,38,40,42,44-45H,1-5H3,(H2,35,43)(H,36,37)/t15-,21-,22+,23-,26?,28?,30-,32+,33+,34+/m1/s1. The van der Waals surface area contributed by atoms with Crippen molar-refractivity contribution in [3.63, 3.8) is 0 Å². The van der Waals surface area contributed by atoms with Gasteiger partial charge in [-0.25, -0.2) is 4.98 Å². The number of benzene rings is 2. The number of Topliss-reactive ketones (excluding diaryl/α,β-unsaturated/α-hetero) is 2. The summed E-state index contributed by atoms with van der Waals surface area (Å²) in [6.07, 6.45) is -3.70. The number of anilines is 2. The first-order chi connectivity index (χ1) is 21.5. The van der Waals surface area contributed by atoms with Crippen LogP contribution in [0.5, 0.6) is 5.75 Å². The Morgan fingerprint density at radius 3 is 2.33 bits per heavy atom. The van der Waals surface area contributed by atoms with Crippen LogP contribution in [0.2, 0.25) is 0 Å². The van der Waals surface area contributed by atoms with Crippen LogP contribution in [0.1, 0.15) is 56.5 Å². The lowest BCUT2D eigenvalue weighted by molar-refractivity contribution is -0.306. The molecule has 3 aliphatic carbocycles. The number of ketones is 2. The zero-order chi connectivity index (χ0) is 33.7. The van der Waals surface area contributed by atoms with Gasteiger partial charge >= 0.3 is 0 Å². The van der Waals surface area contributed by atoms with Crippen LogP contribution in [0.4, 0.5) is 10.8 Å². The van der Waals surface area contributed by atoms with Crippen molar-refractivity contribution >= 4 is 39.6 Å². The maximum Gasteiger partial charge on any atom is 0.230 e. The van der Waals surface area contributed by atoms with Crippen LogP contribution in [0.25, 0.3) is 10.4 Å². The molecule has 0 bridgehead atoms. The molecule has 46 heavy (non-hydrogen) atoms. The molecule has 6 rings (SSSR count). The van der Waals surface area contributed by atoms with Crippen molar-refractivity contribution in [2.75, 3.05) is 5.32 Å². The summed E-state index contributed by atoms with van der Waals surface area (Å²) in [7, 11) is 0. The summed E-state index contributed by atoms with van der Waals surface area (Å²) in [6, 6.07) is 12.9. The van der Waals surface area contributed by atoms with E-state index in [9.17, 15) is 39.9 Å². The number of hydrogen-bond acceptors (Lipinski definition) is 11. The van der Waals surface area contributed by atoms with Gasteiger partial charge < -0.3 is 36.6 Å². The van der Waals surface area contributed by atoms with Crippen LogP contribution in [-0.4, -0.2) is 71.9 Å². The lowest BCUT2D eigenvalue weighted by atomic mass is 9.36. The first-order valence-electron chi connectivity index (χ1n) is 15.3. The maximum atomic E-state index is 14.5. The highest BCUT2D eigenvalue weighted by molar-refractivity contribution is 7.18. The lowest BCUT2D eigenvalue weighted by Gasteiger charge is -2.69. The highest BCUT2D eigenvalue weighted by Gasteiger charge is 2.80. The largest absolute Gasteiger partial charge is 0.505 e. The second-order valence-corrected chi connectivity index (χ2v) is 14.8. The number of phenols is 1. The number of rotatable bonds is 5. The quantitative estimate of drug-likeness (QED) is 0.159. The highest BCUT2D eigenvalue weighted by Crippen LogP contribution is 2.68. The zero-order valence-corrected chi connectivity index (χ0v) is 26.9. The molecule has 2 saturated carbocycles. The van der Waals surface area contributed by atoms with E-state index < -0.39 is 87.6 Å². The van der Waals surface area contributed by atoms with Gasteiger partial charge in [0.2, 0.25) is 5.91 Å². The molecule has 2 aromatic carbocycles. The normalized spacial score (nSPS) is 37.0. The summed E-state index contributed by atoms with van der Waals surface area (Å²) < 4.78 is 0. The van der Waals surface area contributed by atoms with E-state index in [1.54, 1.807) is 46.0 Å². The van der Waals surface area contributed by atoms with E-state index in [0.29, 0.717) is 10.7 Å². The molecule has 3 aliphatic rings. The van der Waals surface area contributed by atoms with Gasteiger partial charge in [0, 0.05) is 17.0 Å². The number of thiazole rings is 1. The van der Waals surface area contributed by atoms with Gasteiger partial charge in [0.05, 0.1) is 34.3 Å². The maximum absolute atomic E-state index is 14.5. The van der Waals surface area contributed by atoms with Gasteiger partial charge in [-0.1, -0.05) is 82.4 Å². The van der Waals surface area contributed by atoms with Crippen LogP contribution < -0.4 is 11.1 Å². The first kappa shape index (κ1) is 32.3. The molecular formula is C34H39N3O8S. The Bertz CT molecular complexity index is 1740. The van der Waals surface area contributed by atoms with Gasteiger partial charge in [-0.05, 0) is 34.9 Å². The summed E-state index contributed by atoms with van der Waals surface area (Å²) in [5.74, 6) is -9.31. The van der Waals surface area contributed by atoms with Crippen molar-refractivity contribution in [1.29, 1.82) is 0 Å². The molecule has 12 heteroatoms. The molecule has 1 amide bonds. The second-order valence-electron chi connectivity index (χ2n) is 13.8. The molecule has 0 aliphatic heterocycles. The molecule has 0 saturated heterocycles. The average Bonchev–Trinajstić information content (AvgIpc) is 3.47. The van der Waals surface area contributed by atoms with E-state index in [2.05, 4.69) is 10.3 Å². The number of aliphatic hydroxyl groups excluding tert-OH is 3. The molecule has 10 atom stereocenters. The molecule has 244 valence electrons. The fourth-order valence-electron chi connectivity index (χ4n) is 9.04. The Morgan fingerprint density at radius 2 is 1.72 bits per heavy atom. The number of phenolic OH excluding ortho intramolecular Hbond substituents is 1. The minimum absolute atomic E-state index is 0.117. The van der Waals surface area contributed by atoms with Gasteiger partial charge in [-0.2, -0.15) is 0 Å². The summed E-state index contributed by atoms with van der Waals surface area (Å²) in [5.41, 5.74) is 0.760. The molecule has 0 spiro atoms. The number of carbonyl (C=O) groups excluding carboxylic acids is 3. The lowest BCUT2D eigenvalue weighted by Crippen LogP contribution is -2.83. The number of aliphatic hydroxyl groups is 4. The molecule has 3 aromatic rings. The van der Waals surface area contributed by atoms with Crippen LogP contribution in [-0.2, 0) is 9.59 Å². The van der Waals surface area contributed by atoms with E-state index in [-0.39, 0.29) is 11.3 Å². The number of aromatic nitrogens is 1. The van der Waals surface area contributed by atoms with Crippen LogP contribution in [0, 0.1) is 34.5 Å². The summed E-state index contributed by atoms with van der Waals surface area (Å²) in [6.45, 7) is 8.20. The molecule has 8 N–H and O–H groups in total. The summed E-state index contributed by atoms with van der Waals surface area (Å²) in [5, 5.41) is 63.1. The minimum Gasteiger partial charge on any atom is -0.505 e. The van der Waals surface area contributed by atoms with Crippen LogP contribution in [0.15, 0.2) is 48.7 Å². The SMILES string of the molecule is CC(C)[C@H]1C(O)[C@@H](C(N)=O)C(=O)[C@]2(O)C(O)[C@H]3C(=O)c4c(ccc(Nc5ncc(-c6ccccc6)s5)c4O)[C@@H](C)[C@]3(C)[C@@H](O)[C@]12C. The predicted octanol–water partition coefficient (Wildman–Crippen LogP) is 2.97. The van der Waals surface area contributed by atoms with Gasteiger partial charge in [0.1, 0.15) is 17.8 Å². The fourth-order valence-corrected chi connectivity index (χ4v) is 9.88. The molecule has 0 radical (unpaired) electrons. The number of carbonyl (C=O) groups is 3. The number of primary amides is 1. The fraction of sp³-hybridized carbons (Fsp3) is 0.471. The number of amides is 1. The molecule has 1 aromatic heterocycles. The Labute approximate surface area is 270 Å². The Kier molecular flexibility index (Phi) is 7.49. The number of aromatic hydroxyl groups is 1. The van der Waals surface area contributed by atoms with Gasteiger partial charge in [-0.3, -0.25) is 14.4 Å². The predicted molar refractivity (Wildman–Crippen MR) is 170 cm³/mol. The van der Waals surface area contributed by atoms with Gasteiger partial charge in [0.15, 0.2) is 22.3 Å². The summed E-state index contributed by atoms with van der Waals surface area (Å²) >= 11 is 1.34. The minimum atomic E-state index is -2.84. The third kappa shape index (κ3) is 3.97. The summed E-state index contributed by atoms with van der Waals surface area (Å²) in [4.78, 5) is 46.2. The Balaban J connectivity index is 1.47. The number of nitrogens with one attached hydrogen (secondary N) is 1. The monoisotopic (exact) mass is 649 g/mol. The van der Waals surface area contributed by atoms with Gasteiger partial charge in [0.25, 0.3) is 0 Å². The molecule has 2 fully saturated rings. The second kappa shape index (κ2) is 10.7. The molecule has 2 unspecified atom stereocenters. The number of nitrogens with zero attached hydrogens (tertiary/aromatic N) is 1. The van der Waals surface area contributed by atoms with Crippen LogP contribution in [0.3, 0.4) is 0 Å². The van der Waals surface area contributed by atoms with Crippen molar-refractivity contribution in [2.24, 2.45) is 40.2 Å². The number of nitrogens with two attached hydrogens (primary N) is 1. The third-order valence-electron chi connectivity index (χ3n) is 11.4. The first-order valence-corrected chi connectivity index (χ1v) is 16.1. The van der Waals surface area contributed by atoms with E-state index in [1.807, 2.05) is 30.3 Å². The zero-order valence-electron chi connectivity index (χ0n) is 26.1. The Morgan fingerprint density at radius 1 is 1.07 bits per heavy atom. The smallest absolute Gasteiger partial charge is 0.230 e. The van der Waals surface area contributed by atoms with Crippen molar-refractivity contribution < 1.29 is 39.9 Å². The molecule has 1 heterocycles. The average molecular weight is 650 g/mol. The van der Waals surface area contributed by atoms with Crippen molar-refractivity contribution in [1.82, 2.24) is 4.98 Å². The van der Waals surface area contributed by atoms with Gasteiger partial charge in [-0.15, -0.1) is 0 Å². The van der Waals surface area contributed by atoms with Crippen molar-refractivity contribution in [3.05, 3.63) is 59.8 Å². The van der Waals surface area contributed by atoms with E-state index in [1.165, 1.54) is 18.3 Å². The Hall–Kier alpha value is -3.68.